The second-order valence-corrected chi connectivity index (χ2v) is 8.31. The minimum atomic E-state index is -1.19. The number of hydrogen-bond acceptors (Lipinski definition) is 5. The van der Waals surface area contributed by atoms with Gasteiger partial charge in [-0.05, 0) is 78.6 Å². The van der Waals surface area contributed by atoms with Crippen LogP contribution in [0.2, 0.25) is 0 Å². The molecule has 1 aliphatic rings. The van der Waals surface area contributed by atoms with Gasteiger partial charge in [-0.25, -0.2) is 4.79 Å². The number of carbonyl (C=O) groups is 1. The Kier molecular flexibility index (Phi) is 8.25. The van der Waals surface area contributed by atoms with E-state index in [1.807, 2.05) is 6.07 Å². The predicted molar refractivity (Wildman–Crippen MR) is 129 cm³/mol. The van der Waals surface area contributed by atoms with Crippen LogP contribution in [0.5, 0.6) is 5.75 Å². The van der Waals surface area contributed by atoms with Crippen molar-refractivity contribution >= 4 is 16.9 Å². The fourth-order valence-corrected chi connectivity index (χ4v) is 4.50. The molecule has 0 amide bonds. The number of phenolic OH excluding ortho intramolecular Hbond substituents is 1. The first-order chi connectivity index (χ1) is 15.9. The van der Waals surface area contributed by atoms with Crippen molar-refractivity contribution in [1.29, 1.82) is 0 Å². The summed E-state index contributed by atoms with van der Waals surface area (Å²) in [7, 11) is 0. The zero-order valence-electron chi connectivity index (χ0n) is 19.1. The van der Waals surface area contributed by atoms with Gasteiger partial charge in [0, 0.05) is 17.5 Å². The number of hydrogen-bond donors (Lipinski definition) is 5. The molecule has 0 radical (unpaired) electrons. The molecule has 7 heteroatoms. The molecule has 0 saturated carbocycles. The summed E-state index contributed by atoms with van der Waals surface area (Å²) in [4.78, 5) is 23.4. The average Bonchev–Trinajstić information content (AvgIpc) is 3.21. The number of aromatic hydroxyl groups is 1. The second kappa shape index (κ2) is 11.1. The highest BCUT2D eigenvalue weighted by molar-refractivity contribution is 5.87. The largest absolute Gasteiger partial charge is 0.506 e. The maximum atomic E-state index is 11.6. The quantitative estimate of drug-likeness (QED) is 0.376. The van der Waals surface area contributed by atoms with Crippen LogP contribution in [0.15, 0.2) is 41.2 Å². The number of carboxylic acids is 1. The van der Waals surface area contributed by atoms with Gasteiger partial charge in [-0.15, -0.1) is 0 Å². The van der Waals surface area contributed by atoms with Crippen molar-refractivity contribution < 1.29 is 20.1 Å². The highest BCUT2D eigenvalue weighted by Gasteiger charge is 2.22. The van der Waals surface area contributed by atoms with Gasteiger partial charge >= 0.3 is 5.97 Å². The highest BCUT2D eigenvalue weighted by Crippen LogP contribution is 2.28. The summed E-state index contributed by atoms with van der Waals surface area (Å²) in [5, 5.41) is 29.7. The van der Waals surface area contributed by atoms with E-state index in [-0.39, 0.29) is 11.3 Å². The monoisotopic (exact) mass is 452 g/mol. The van der Waals surface area contributed by atoms with E-state index in [2.05, 4.69) is 36.3 Å². The Morgan fingerprint density at radius 1 is 1.03 bits per heavy atom. The molecular weight excluding hydrogens is 420 g/mol. The number of pyridine rings is 1. The zero-order chi connectivity index (χ0) is 24.0. The van der Waals surface area contributed by atoms with Crippen LogP contribution in [-0.2, 0) is 36.9 Å². The molecule has 5 N–H and O–H groups in total. The number of aliphatic hydroxyl groups excluding tert-OH is 1. The molecule has 1 aromatic heterocycles. The molecule has 0 atom stereocenters. The van der Waals surface area contributed by atoms with E-state index >= 15 is 0 Å². The van der Waals surface area contributed by atoms with Gasteiger partial charge in [0.05, 0.1) is 5.52 Å². The lowest BCUT2D eigenvalue weighted by atomic mass is 9.97. The summed E-state index contributed by atoms with van der Waals surface area (Å²) < 4.78 is 0. The fraction of sp³-hybridized carbons (Fsp3) is 0.385. The van der Waals surface area contributed by atoms with Crippen molar-refractivity contribution in [3.05, 3.63) is 74.6 Å². The number of aliphatic hydroxyl groups is 1. The second-order valence-electron chi connectivity index (χ2n) is 8.31. The number of benzene rings is 2. The number of aliphatic carboxylic acids is 1. The Balaban J connectivity index is 0.000000555. The van der Waals surface area contributed by atoms with Crippen LogP contribution in [0, 0.1) is 0 Å². The minimum Gasteiger partial charge on any atom is -0.506 e. The maximum Gasteiger partial charge on any atom is 0.329 e. The van der Waals surface area contributed by atoms with Crippen LogP contribution in [0.3, 0.4) is 0 Å². The van der Waals surface area contributed by atoms with Crippen LogP contribution >= 0.6 is 0 Å². The SMILES string of the molecule is CCc1cc2c(cc1CC)CC(NCCc1ccc(O)c3[nH]c(=O)ccc13)C2.O=C(O)CO. The standard InChI is InChI=1S/C24H28N2O2.C2H4O3/c1-3-15-11-18-13-20(14-19(18)12-16(15)4-2)25-10-9-17-5-7-22(27)24-21(17)6-8-23(28)26-24;3-1-2(4)5/h5-8,11-12,20,25,27H,3-4,9-10,13-14H2,1-2H3,(H,26,28);3H,1H2,(H,4,5). The van der Waals surface area contributed by atoms with Gasteiger partial charge in [-0.2, -0.15) is 0 Å². The number of aromatic nitrogens is 1. The molecule has 33 heavy (non-hydrogen) atoms. The molecule has 1 heterocycles. The number of H-pyrrole nitrogens is 1. The summed E-state index contributed by atoms with van der Waals surface area (Å²) in [6.45, 7) is 4.57. The first kappa shape index (κ1) is 24.5. The summed E-state index contributed by atoms with van der Waals surface area (Å²) in [6.07, 6.45) is 5.25. The summed E-state index contributed by atoms with van der Waals surface area (Å²) in [6, 6.07) is 12.2. The van der Waals surface area contributed by atoms with Gasteiger partial charge in [0.1, 0.15) is 12.4 Å². The maximum absolute atomic E-state index is 11.6. The zero-order valence-corrected chi connectivity index (χ0v) is 19.1. The van der Waals surface area contributed by atoms with Gasteiger partial charge in [-0.3, -0.25) is 4.79 Å². The predicted octanol–water partition coefficient (Wildman–Crippen LogP) is 2.72. The molecule has 0 unspecified atom stereocenters. The molecule has 0 saturated heterocycles. The summed E-state index contributed by atoms with van der Waals surface area (Å²) in [5.41, 5.74) is 7.45. The Morgan fingerprint density at radius 2 is 1.64 bits per heavy atom. The lowest BCUT2D eigenvalue weighted by molar-refractivity contribution is -0.140. The molecule has 0 spiro atoms. The van der Waals surface area contributed by atoms with E-state index in [0.717, 1.165) is 49.6 Å². The molecule has 3 aromatic rings. The van der Waals surface area contributed by atoms with Crippen molar-refractivity contribution in [1.82, 2.24) is 10.3 Å². The van der Waals surface area contributed by atoms with Crippen molar-refractivity contribution in [3.8, 4) is 5.75 Å². The third kappa shape index (κ3) is 6.00. The third-order valence-corrected chi connectivity index (χ3v) is 6.14. The van der Waals surface area contributed by atoms with E-state index in [9.17, 15) is 9.90 Å². The highest BCUT2D eigenvalue weighted by atomic mass is 16.4. The Hall–Kier alpha value is -3.16. The van der Waals surface area contributed by atoms with Crippen LogP contribution in [-0.4, -0.2) is 45.5 Å². The normalized spacial score (nSPS) is 12.9. The number of nitrogens with one attached hydrogen (secondary N) is 2. The average molecular weight is 453 g/mol. The molecule has 7 nitrogen and oxygen atoms in total. The molecule has 1 aliphatic carbocycles. The first-order valence-electron chi connectivity index (χ1n) is 11.4. The Morgan fingerprint density at radius 3 is 2.18 bits per heavy atom. The molecule has 0 fully saturated rings. The van der Waals surface area contributed by atoms with Gasteiger partial charge < -0.3 is 25.6 Å². The molecule has 0 bridgehead atoms. The topological polar surface area (TPSA) is 123 Å². The number of fused-ring (bicyclic) bond motifs is 2. The number of rotatable bonds is 7. The van der Waals surface area contributed by atoms with Gasteiger partial charge in [0.25, 0.3) is 0 Å². The molecule has 4 rings (SSSR count). The minimum absolute atomic E-state index is 0.120. The van der Waals surface area contributed by atoms with Crippen molar-refractivity contribution in [2.75, 3.05) is 13.2 Å². The lowest BCUT2D eigenvalue weighted by Gasteiger charge is -2.13. The smallest absolute Gasteiger partial charge is 0.329 e. The molecular formula is C26H32N2O5. The number of phenols is 1. The summed E-state index contributed by atoms with van der Waals surface area (Å²) >= 11 is 0. The van der Waals surface area contributed by atoms with Gasteiger partial charge in [0.15, 0.2) is 0 Å². The van der Waals surface area contributed by atoms with E-state index in [0.29, 0.717) is 11.6 Å². The van der Waals surface area contributed by atoms with Gasteiger partial charge in [0.2, 0.25) is 5.56 Å². The van der Waals surface area contributed by atoms with E-state index in [4.69, 9.17) is 15.0 Å². The van der Waals surface area contributed by atoms with E-state index in [1.54, 1.807) is 12.1 Å². The van der Waals surface area contributed by atoms with Crippen molar-refractivity contribution in [3.63, 3.8) is 0 Å². The number of aryl methyl sites for hydroxylation is 2. The molecule has 176 valence electrons. The van der Waals surface area contributed by atoms with Crippen LogP contribution in [0.1, 0.15) is 41.7 Å². The Bertz CT molecular complexity index is 1150. The molecule has 2 aromatic carbocycles. The van der Waals surface area contributed by atoms with Crippen LogP contribution in [0.4, 0.5) is 0 Å². The third-order valence-electron chi connectivity index (χ3n) is 6.14. The molecule has 0 aliphatic heterocycles. The Labute approximate surface area is 193 Å². The fourth-order valence-electron chi connectivity index (χ4n) is 4.50. The van der Waals surface area contributed by atoms with E-state index in [1.165, 1.54) is 28.3 Å². The van der Waals surface area contributed by atoms with Gasteiger partial charge in [-0.1, -0.05) is 32.0 Å². The van der Waals surface area contributed by atoms with Crippen LogP contribution < -0.4 is 10.9 Å². The lowest BCUT2D eigenvalue weighted by Crippen LogP contribution is -2.31. The summed E-state index contributed by atoms with van der Waals surface area (Å²) in [5.74, 6) is -1.07. The van der Waals surface area contributed by atoms with Crippen molar-refractivity contribution in [2.45, 2.75) is 52.0 Å². The van der Waals surface area contributed by atoms with Crippen molar-refractivity contribution in [2.24, 2.45) is 0 Å². The van der Waals surface area contributed by atoms with Crippen LogP contribution in [0.25, 0.3) is 10.9 Å². The van der Waals surface area contributed by atoms with E-state index < -0.39 is 12.6 Å². The number of carboxylic acid groups (broad SMARTS) is 1. The first-order valence-corrected chi connectivity index (χ1v) is 11.4. The number of aromatic amines is 1.